The molecule has 4 nitrogen and oxygen atoms in total. The van der Waals surface area contributed by atoms with E-state index in [0.29, 0.717) is 18.2 Å². The molecule has 0 saturated carbocycles. The van der Waals surface area contributed by atoms with E-state index >= 15 is 0 Å². The van der Waals surface area contributed by atoms with Crippen molar-refractivity contribution in [3.8, 4) is 0 Å². The van der Waals surface area contributed by atoms with E-state index in [0.717, 1.165) is 38.9 Å². The molecule has 160 valence electrons. The summed E-state index contributed by atoms with van der Waals surface area (Å²) in [5.41, 5.74) is 2.01. The molecule has 1 atom stereocenters. The number of alkyl halides is 3. The van der Waals surface area contributed by atoms with Gasteiger partial charge in [0.2, 0.25) is 0 Å². The normalized spacial score (nSPS) is 21.2. The number of nitrogens with zero attached hydrogens (tertiary/aromatic N) is 3. The third kappa shape index (κ3) is 6.23. The van der Waals surface area contributed by atoms with Crippen molar-refractivity contribution in [2.45, 2.75) is 45.3 Å². The molecule has 0 radical (unpaired) electrons. The average molecular weight is 409 g/mol. The summed E-state index contributed by atoms with van der Waals surface area (Å²) < 4.78 is 45.5. The standard InChI is InChI=1S/C22H30F3N3O/c1-17(2)7-6-12-27-13-10-18(11-14-27)16-29-21-26-20(22(23,24)25)15-28(21)19-8-4-3-5-9-19/h3-5,7-9,18,20H,6,10-16H2,1-2H3. The fraction of sp³-hybridized carbons (Fsp3) is 0.591. The summed E-state index contributed by atoms with van der Waals surface area (Å²) >= 11 is 0. The van der Waals surface area contributed by atoms with Gasteiger partial charge in [-0.05, 0) is 64.3 Å². The quantitative estimate of drug-likeness (QED) is 0.627. The highest BCUT2D eigenvalue weighted by molar-refractivity contribution is 5.93. The molecule has 2 aliphatic heterocycles. The van der Waals surface area contributed by atoms with Crippen molar-refractivity contribution in [3.05, 3.63) is 42.0 Å². The van der Waals surface area contributed by atoms with Crippen molar-refractivity contribution in [1.29, 1.82) is 0 Å². The lowest BCUT2D eigenvalue weighted by molar-refractivity contribution is -0.143. The SMILES string of the molecule is CC(C)=CCCN1CCC(COC2=NC(C(F)(F)F)CN2c2ccccc2)CC1. The van der Waals surface area contributed by atoms with Crippen LogP contribution in [0.1, 0.15) is 33.1 Å². The molecule has 0 aromatic heterocycles. The molecule has 0 spiro atoms. The lowest BCUT2D eigenvalue weighted by atomic mass is 9.98. The average Bonchev–Trinajstić information content (AvgIpc) is 3.12. The highest BCUT2D eigenvalue weighted by atomic mass is 19.4. The third-order valence-electron chi connectivity index (χ3n) is 5.45. The summed E-state index contributed by atoms with van der Waals surface area (Å²) in [6.07, 6.45) is 0.939. The number of piperidine rings is 1. The van der Waals surface area contributed by atoms with E-state index in [4.69, 9.17) is 4.74 Å². The van der Waals surface area contributed by atoms with Crippen molar-refractivity contribution in [2.75, 3.05) is 37.7 Å². The van der Waals surface area contributed by atoms with Gasteiger partial charge in [-0.15, -0.1) is 0 Å². The summed E-state index contributed by atoms with van der Waals surface area (Å²) in [4.78, 5) is 7.83. The lowest BCUT2D eigenvalue weighted by Crippen LogP contribution is -2.38. The number of hydrogen-bond donors (Lipinski definition) is 0. The van der Waals surface area contributed by atoms with Crippen molar-refractivity contribution < 1.29 is 17.9 Å². The number of aliphatic imine (C=N–C) groups is 1. The van der Waals surface area contributed by atoms with Crippen LogP contribution >= 0.6 is 0 Å². The Morgan fingerprint density at radius 1 is 1.17 bits per heavy atom. The molecule has 29 heavy (non-hydrogen) atoms. The summed E-state index contributed by atoms with van der Waals surface area (Å²) in [6.45, 7) is 7.46. The van der Waals surface area contributed by atoms with Gasteiger partial charge in [0.25, 0.3) is 6.02 Å². The molecule has 0 N–H and O–H groups in total. The van der Waals surface area contributed by atoms with E-state index in [1.165, 1.54) is 10.5 Å². The number of hydrogen-bond acceptors (Lipinski definition) is 4. The van der Waals surface area contributed by atoms with Crippen LogP contribution in [0, 0.1) is 5.92 Å². The summed E-state index contributed by atoms with van der Waals surface area (Å²) in [5, 5.41) is 0. The number of benzene rings is 1. The van der Waals surface area contributed by atoms with Gasteiger partial charge >= 0.3 is 6.18 Å². The maximum atomic E-state index is 13.2. The Labute approximate surface area is 171 Å². The van der Waals surface area contributed by atoms with E-state index in [1.807, 2.05) is 6.07 Å². The van der Waals surface area contributed by atoms with E-state index in [1.54, 1.807) is 24.3 Å². The molecular formula is C22H30F3N3O. The minimum atomic E-state index is -4.37. The number of likely N-dealkylation sites (tertiary alicyclic amines) is 1. The number of amidine groups is 1. The van der Waals surface area contributed by atoms with Crippen LogP contribution in [0.4, 0.5) is 18.9 Å². The van der Waals surface area contributed by atoms with Crippen LogP contribution in [-0.4, -0.2) is 55.9 Å². The van der Waals surface area contributed by atoms with Gasteiger partial charge in [0, 0.05) is 12.2 Å². The van der Waals surface area contributed by atoms with Gasteiger partial charge in [0.05, 0.1) is 13.2 Å². The minimum absolute atomic E-state index is 0.0875. The monoisotopic (exact) mass is 409 g/mol. The Balaban J connectivity index is 1.53. The highest BCUT2D eigenvalue weighted by Gasteiger charge is 2.46. The second-order valence-electron chi connectivity index (χ2n) is 8.08. The van der Waals surface area contributed by atoms with Crippen molar-refractivity contribution in [1.82, 2.24) is 4.90 Å². The molecule has 1 aromatic carbocycles. The lowest BCUT2D eigenvalue weighted by Gasteiger charge is -2.32. The van der Waals surface area contributed by atoms with E-state index in [9.17, 15) is 13.2 Å². The van der Waals surface area contributed by atoms with Crippen molar-refractivity contribution in [3.63, 3.8) is 0 Å². The summed E-state index contributed by atoms with van der Waals surface area (Å²) in [5.74, 6) is 0.347. The zero-order chi connectivity index (χ0) is 20.9. The van der Waals surface area contributed by atoms with E-state index in [2.05, 4.69) is 29.8 Å². The number of allylic oxidation sites excluding steroid dienone is 1. The first-order valence-corrected chi connectivity index (χ1v) is 10.3. The van der Waals surface area contributed by atoms with Crippen molar-refractivity contribution in [2.24, 2.45) is 10.9 Å². The van der Waals surface area contributed by atoms with Crippen LogP contribution in [0.5, 0.6) is 0 Å². The van der Waals surface area contributed by atoms with Gasteiger partial charge in [-0.1, -0.05) is 29.8 Å². The number of halogens is 3. The van der Waals surface area contributed by atoms with Gasteiger partial charge in [0.15, 0.2) is 6.04 Å². The van der Waals surface area contributed by atoms with E-state index < -0.39 is 12.2 Å². The topological polar surface area (TPSA) is 28.1 Å². The van der Waals surface area contributed by atoms with Crippen molar-refractivity contribution >= 4 is 11.7 Å². The van der Waals surface area contributed by atoms with Crippen LogP contribution in [0.3, 0.4) is 0 Å². The molecule has 2 aliphatic rings. The molecule has 0 bridgehead atoms. The molecule has 1 saturated heterocycles. The molecule has 3 rings (SSSR count). The Hall–Kier alpha value is -2.02. The van der Waals surface area contributed by atoms with Gasteiger partial charge in [-0.3, -0.25) is 4.90 Å². The Morgan fingerprint density at radius 3 is 2.48 bits per heavy atom. The molecule has 1 aromatic rings. The number of anilines is 1. The zero-order valence-electron chi connectivity index (χ0n) is 17.2. The van der Waals surface area contributed by atoms with Crippen LogP contribution in [0.15, 0.2) is 47.0 Å². The second-order valence-corrected chi connectivity index (χ2v) is 8.08. The minimum Gasteiger partial charge on any atom is -0.465 e. The smallest absolute Gasteiger partial charge is 0.412 e. The van der Waals surface area contributed by atoms with Gasteiger partial charge in [-0.2, -0.15) is 13.2 Å². The van der Waals surface area contributed by atoms with Crippen LogP contribution in [0.2, 0.25) is 0 Å². The zero-order valence-corrected chi connectivity index (χ0v) is 17.2. The van der Waals surface area contributed by atoms with Gasteiger partial charge in [0.1, 0.15) is 0 Å². The Bertz CT molecular complexity index is 706. The molecule has 1 unspecified atom stereocenters. The third-order valence-corrected chi connectivity index (χ3v) is 5.45. The number of rotatable bonds is 6. The highest BCUT2D eigenvalue weighted by Crippen LogP contribution is 2.31. The molecular weight excluding hydrogens is 379 g/mol. The summed E-state index contributed by atoms with van der Waals surface area (Å²) in [6, 6.07) is 7.35. The van der Waals surface area contributed by atoms with Gasteiger partial charge in [-0.25, -0.2) is 4.99 Å². The fourth-order valence-corrected chi connectivity index (χ4v) is 3.72. The first-order valence-electron chi connectivity index (χ1n) is 10.3. The van der Waals surface area contributed by atoms with Gasteiger partial charge < -0.3 is 9.64 Å². The van der Waals surface area contributed by atoms with Crippen LogP contribution < -0.4 is 4.90 Å². The predicted octanol–water partition coefficient (Wildman–Crippen LogP) is 4.88. The molecule has 1 fully saturated rings. The molecule has 0 amide bonds. The molecule has 0 aliphatic carbocycles. The number of para-hydroxylation sites is 1. The fourth-order valence-electron chi connectivity index (χ4n) is 3.72. The molecule has 7 heteroatoms. The van der Waals surface area contributed by atoms with Crippen LogP contribution in [0.25, 0.3) is 0 Å². The first-order chi connectivity index (χ1) is 13.8. The maximum Gasteiger partial charge on any atom is 0.412 e. The predicted molar refractivity (Wildman–Crippen MR) is 110 cm³/mol. The van der Waals surface area contributed by atoms with E-state index in [-0.39, 0.29) is 12.6 Å². The van der Waals surface area contributed by atoms with Crippen LogP contribution in [-0.2, 0) is 4.74 Å². The maximum absolute atomic E-state index is 13.2. The Morgan fingerprint density at radius 2 is 1.86 bits per heavy atom. The summed E-state index contributed by atoms with van der Waals surface area (Å²) in [7, 11) is 0. The number of ether oxygens (including phenoxy) is 1. The largest absolute Gasteiger partial charge is 0.465 e. The second kappa shape index (κ2) is 9.65. The molecule has 2 heterocycles. The first kappa shape index (κ1) is 21.7. The Kier molecular flexibility index (Phi) is 7.22.